The molecule has 0 spiro atoms. The number of carboxylic acid groups (broad SMARTS) is 1. The Labute approximate surface area is 208 Å². The van der Waals surface area contributed by atoms with Crippen LogP contribution in [-0.4, -0.2) is 52.9 Å². The van der Waals surface area contributed by atoms with Crippen LogP contribution < -0.4 is 0 Å². The van der Waals surface area contributed by atoms with E-state index in [4.69, 9.17) is 9.84 Å². The molecule has 0 aliphatic carbocycles. The van der Waals surface area contributed by atoms with Crippen molar-refractivity contribution in [1.82, 2.24) is 4.90 Å². The number of ether oxygens (including phenoxy) is 1. The molecule has 0 unspecified atom stereocenters. The van der Waals surface area contributed by atoms with Crippen LogP contribution in [0.1, 0.15) is 60.1 Å². The predicted octanol–water partition coefficient (Wildman–Crippen LogP) is 5.32. The zero-order chi connectivity index (χ0) is 26.5. The van der Waals surface area contributed by atoms with Gasteiger partial charge in [0, 0.05) is 19.0 Å². The number of aliphatic hydroxyl groups excluding tert-OH is 1. The fourth-order valence-electron chi connectivity index (χ4n) is 4.71. The number of hydrogen-bond acceptors (Lipinski definition) is 4. The van der Waals surface area contributed by atoms with Gasteiger partial charge in [-0.1, -0.05) is 18.2 Å². The van der Waals surface area contributed by atoms with Crippen molar-refractivity contribution in [2.75, 3.05) is 19.7 Å². The van der Waals surface area contributed by atoms with Gasteiger partial charge in [-0.05, 0) is 86.5 Å². The topological polar surface area (TPSA) is 70.0 Å². The van der Waals surface area contributed by atoms with Crippen LogP contribution >= 0.6 is 0 Å². The van der Waals surface area contributed by atoms with E-state index in [2.05, 4.69) is 4.90 Å². The van der Waals surface area contributed by atoms with Gasteiger partial charge in [-0.15, -0.1) is 0 Å². The number of rotatable bonds is 11. The fraction of sp³-hybridized carbons (Fsp3) is 0.519. The van der Waals surface area contributed by atoms with Crippen molar-refractivity contribution in [3.8, 4) is 0 Å². The van der Waals surface area contributed by atoms with Crippen LogP contribution in [0.2, 0.25) is 0 Å². The van der Waals surface area contributed by atoms with Gasteiger partial charge in [-0.2, -0.15) is 13.2 Å². The number of β-amino-alcohol motifs (C(OH)–C–C–N with tert-alkyl or cyclic N) is 1. The monoisotopic (exact) mass is 511 g/mol. The van der Waals surface area contributed by atoms with E-state index in [0.717, 1.165) is 37.1 Å². The standard InChI is InChI=1S/C27H33F4NO4/c1-17-5-6-19(13-25(17)28)12-22-4-3-11-32(22)15-23(33)16-36-18(2)24-9-8-21(27(29,30)31)14-20(24)7-10-26(34)35/h5-6,8-9,13-14,18,22-23,33H,3-4,7,10-12,15-16H2,1-2H3,(H,34,35)/t18-,22+,23-/m1/s1. The van der Waals surface area contributed by atoms with Gasteiger partial charge in [0.15, 0.2) is 0 Å². The summed E-state index contributed by atoms with van der Waals surface area (Å²) in [5.74, 6) is -1.33. The molecular weight excluding hydrogens is 478 g/mol. The summed E-state index contributed by atoms with van der Waals surface area (Å²) in [5.41, 5.74) is 1.40. The Morgan fingerprint density at radius 1 is 1.22 bits per heavy atom. The van der Waals surface area contributed by atoms with Gasteiger partial charge < -0.3 is 14.9 Å². The number of aryl methyl sites for hydroxylation is 2. The molecule has 2 aromatic carbocycles. The highest BCUT2D eigenvalue weighted by atomic mass is 19.4. The van der Waals surface area contributed by atoms with E-state index in [-0.39, 0.29) is 36.9 Å². The third kappa shape index (κ3) is 7.75. The second-order valence-electron chi connectivity index (χ2n) is 9.51. The lowest BCUT2D eigenvalue weighted by atomic mass is 9.96. The first-order valence-electron chi connectivity index (χ1n) is 12.1. The fourth-order valence-corrected chi connectivity index (χ4v) is 4.71. The van der Waals surface area contributed by atoms with Crippen LogP contribution in [-0.2, 0) is 28.5 Å². The highest BCUT2D eigenvalue weighted by molar-refractivity contribution is 5.67. The molecule has 1 aliphatic heterocycles. The van der Waals surface area contributed by atoms with Crippen LogP contribution in [0, 0.1) is 12.7 Å². The normalized spacial score (nSPS) is 18.4. The molecule has 3 rings (SSSR count). The van der Waals surface area contributed by atoms with Crippen molar-refractivity contribution >= 4 is 5.97 Å². The number of aliphatic hydroxyl groups is 1. The molecule has 0 aromatic heterocycles. The number of nitrogens with zero attached hydrogens (tertiary/aromatic N) is 1. The van der Waals surface area contributed by atoms with E-state index in [1.807, 2.05) is 6.07 Å². The van der Waals surface area contributed by atoms with Crippen LogP contribution in [0.25, 0.3) is 0 Å². The third-order valence-electron chi connectivity index (χ3n) is 6.71. The van der Waals surface area contributed by atoms with E-state index in [9.17, 15) is 27.5 Å². The lowest BCUT2D eigenvalue weighted by Crippen LogP contribution is -2.39. The number of hydrogen-bond donors (Lipinski definition) is 2. The average molecular weight is 512 g/mol. The van der Waals surface area contributed by atoms with Crippen LogP contribution in [0.4, 0.5) is 17.6 Å². The molecule has 1 aliphatic rings. The number of halogens is 4. The van der Waals surface area contributed by atoms with E-state index in [1.165, 1.54) is 6.07 Å². The molecular formula is C27H33F4NO4. The molecule has 0 amide bonds. The summed E-state index contributed by atoms with van der Waals surface area (Å²) >= 11 is 0. The van der Waals surface area contributed by atoms with Crippen molar-refractivity contribution in [1.29, 1.82) is 0 Å². The Balaban J connectivity index is 1.59. The van der Waals surface area contributed by atoms with Gasteiger partial charge in [-0.25, -0.2) is 4.39 Å². The van der Waals surface area contributed by atoms with Crippen LogP contribution in [0.15, 0.2) is 36.4 Å². The third-order valence-corrected chi connectivity index (χ3v) is 6.71. The maximum atomic E-state index is 13.9. The van der Waals surface area contributed by atoms with Crippen molar-refractivity contribution < 1.29 is 37.3 Å². The summed E-state index contributed by atoms with van der Waals surface area (Å²) in [6.07, 6.45) is -3.74. The number of aliphatic carboxylic acids is 1. The average Bonchev–Trinajstić information content (AvgIpc) is 3.23. The summed E-state index contributed by atoms with van der Waals surface area (Å²) < 4.78 is 59.2. The summed E-state index contributed by atoms with van der Waals surface area (Å²) in [6, 6.07) is 8.66. The van der Waals surface area contributed by atoms with Gasteiger partial charge in [0.25, 0.3) is 0 Å². The molecule has 0 bridgehead atoms. The highest BCUT2D eigenvalue weighted by Crippen LogP contribution is 2.33. The molecule has 36 heavy (non-hydrogen) atoms. The first-order chi connectivity index (χ1) is 16.9. The smallest absolute Gasteiger partial charge is 0.416 e. The second-order valence-corrected chi connectivity index (χ2v) is 9.51. The molecule has 0 radical (unpaired) electrons. The maximum absolute atomic E-state index is 13.9. The molecule has 198 valence electrons. The Morgan fingerprint density at radius 2 is 1.97 bits per heavy atom. The lowest BCUT2D eigenvalue weighted by Gasteiger charge is -2.28. The van der Waals surface area contributed by atoms with E-state index in [1.54, 1.807) is 26.0 Å². The second kappa shape index (κ2) is 12.2. The Hall–Kier alpha value is -2.49. The summed E-state index contributed by atoms with van der Waals surface area (Å²) in [6.45, 7) is 4.54. The zero-order valence-electron chi connectivity index (χ0n) is 20.5. The number of carboxylic acids is 1. The van der Waals surface area contributed by atoms with E-state index in [0.29, 0.717) is 24.1 Å². The SMILES string of the molecule is Cc1ccc(C[C@@H]2CCCN2C[C@@H](O)CO[C@H](C)c2ccc(C(F)(F)F)cc2CCC(=O)O)cc1F. The van der Waals surface area contributed by atoms with Crippen molar-refractivity contribution in [2.45, 2.75) is 70.4 Å². The van der Waals surface area contributed by atoms with Gasteiger partial charge >= 0.3 is 12.1 Å². The first kappa shape index (κ1) is 28.1. The van der Waals surface area contributed by atoms with Gasteiger partial charge in [0.05, 0.1) is 24.4 Å². The molecule has 2 N–H and O–H groups in total. The summed E-state index contributed by atoms with van der Waals surface area (Å²) in [5, 5.41) is 19.6. The first-order valence-corrected chi connectivity index (χ1v) is 12.1. The molecule has 1 saturated heterocycles. The Bertz CT molecular complexity index is 1040. The van der Waals surface area contributed by atoms with E-state index < -0.39 is 29.9 Å². The Kier molecular flexibility index (Phi) is 9.49. The lowest BCUT2D eigenvalue weighted by molar-refractivity contribution is -0.137. The molecule has 5 nitrogen and oxygen atoms in total. The minimum absolute atomic E-state index is 0.0249. The van der Waals surface area contributed by atoms with Crippen LogP contribution in [0.3, 0.4) is 0 Å². The summed E-state index contributed by atoms with van der Waals surface area (Å²) in [7, 11) is 0. The molecule has 1 fully saturated rings. The zero-order valence-corrected chi connectivity index (χ0v) is 20.5. The highest BCUT2D eigenvalue weighted by Gasteiger charge is 2.32. The molecule has 1 heterocycles. The largest absolute Gasteiger partial charge is 0.481 e. The molecule has 0 saturated carbocycles. The van der Waals surface area contributed by atoms with E-state index >= 15 is 0 Å². The van der Waals surface area contributed by atoms with Gasteiger partial charge in [-0.3, -0.25) is 9.69 Å². The minimum Gasteiger partial charge on any atom is -0.481 e. The molecule has 2 aromatic rings. The maximum Gasteiger partial charge on any atom is 0.416 e. The predicted molar refractivity (Wildman–Crippen MR) is 127 cm³/mol. The number of carbonyl (C=O) groups is 1. The quantitative estimate of drug-likeness (QED) is 0.400. The van der Waals surface area contributed by atoms with Crippen molar-refractivity contribution in [3.63, 3.8) is 0 Å². The van der Waals surface area contributed by atoms with Crippen LogP contribution in [0.5, 0.6) is 0 Å². The Morgan fingerprint density at radius 3 is 2.64 bits per heavy atom. The number of alkyl halides is 3. The van der Waals surface area contributed by atoms with Gasteiger partial charge in [0.1, 0.15) is 5.82 Å². The minimum atomic E-state index is -4.53. The van der Waals surface area contributed by atoms with Crippen molar-refractivity contribution in [2.24, 2.45) is 0 Å². The van der Waals surface area contributed by atoms with Gasteiger partial charge in [0.2, 0.25) is 0 Å². The summed E-state index contributed by atoms with van der Waals surface area (Å²) in [4.78, 5) is 13.1. The molecule has 9 heteroatoms. The molecule has 3 atom stereocenters. The number of likely N-dealkylation sites (tertiary alicyclic amines) is 1. The van der Waals surface area contributed by atoms with Crippen molar-refractivity contribution in [3.05, 3.63) is 70.0 Å². The number of benzene rings is 2.